The molecule has 0 saturated carbocycles. The van der Waals surface area contributed by atoms with E-state index in [1.54, 1.807) is 0 Å². The zero-order chi connectivity index (χ0) is 11.9. The topological polar surface area (TPSA) is 61.6 Å². The maximum atomic E-state index is 10.00. The number of nitrogens with zero attached hydrogens (tertiary/aromatic N) is 1. The number of hydrogen-bond acceptors (Lipinski definition) is 4. The van der Waals surface area contributed by atoms with Crippen LogP contribution in [0.4, 0.5) is 0 Å². The molecule has 0 radical (unpaired) electrons. The predicted molar refractivity (Wildman–Crippen MR) is 57.5 cm³/mol. The number of alkyl halides is 1. The summed E-state index contributed by atoms with van der Waals surface area (Å²) in [5.41, 5.74) is -0.261. The highest BCUT2D eigenvalue weighted by Gasteiger charge is 2.19. The van der Waals surface area contributed by atoms with Crippen molar-refractivity contribution in [1.82, 2.24) is 0 Å². The Bertz CT molecular complexity index is 197. The predicted octanol–water partition coefficient (Wildman–Crippen LogP) is 2.25. The van der Waals surface area contributed by atoms with Crippen LogP contribution < -0.4 is 0 Å². The Hall–Kier alpha value is -0.550. The van der Waals surface area contributed by atoms with Crippen LogP contribution in [-0.2, 0) is 9.57 Å². The Morgan fingerprint density at radius 1 is 1.53 bits per heavy atom. The normalized spacial score (nSPS) is 13.6. The van der Waals surface area contributed by atoms with Crippen molar-refractivity contribution in [1.29, 1.82) is 0 Å². The van der Waals surface area contributed by atoms with Crippen molar-refractivity contribution < 1.29 is 14.7 Å². The number of ether oxygens (including phenoxy) is 1. The second-order valence-electron chi connectivity index (χ2n) is 4.27. The molecule has 1 unspecified atom stereocenters. The van der Waals surface area contributed by atoms with Crippen molar-refractivity contribution in [2.24, 2.45) is 5.41 Å². The van der Waals surface area contributed by atoms with Gasteiger partial charge in [0, 0.05) is 6.61 Å². The number of halogens is 1. The minimum Gasteiger partial charge on any atom is -0.380 e. The molecule has 5 nitrogen and oxygen atoms in total. The molecule has 0 aromatic heterocycles. The Labute approximate surface area is 94.8 Å². The fourth-order valence-corrected chi connectivity index (χ4v) is 0.983. The van der Waals surface area contributed by atoms with E-state index in [9.17, 15) is 10.1 Å². The molecule has 90 valence electrons. The summed E-state index contributed by atoms with van der Waals surface area (Å²) in [5.74, 6) is 0. The van der Waals surface area contributed by atoms with Crippen molar-refractivity contribution in [2.75, 3.05) is 19.8 Å². The van der Waals surface area contributed by atoms with E-state index in [4.69, 9.17) is 16.3 Å². The minimum absolute atomic E-state index is 0.0110. The Kier molecular flexibility index (Phi) is 6.60. The van der Waals surface area contributed by atoms with Gasteiger partial charge in [-0.1, -0.05) is 13.8 Å². The third-order valence-electron chi connectivity index (χ3n) is 1.83. The largest absolute Gasteiger partial charge is 0.380 e. The van der Waals surface area contributed by atoms with Gasteiger partial charge in [-0.2, -0.15) is 0 Å². The van der Waals surface area contributed by atoms with Gasteiger partial charge in [0.15, 0.2) is 0 Å². The first kappa shape index (κ1) is 14.5. The first-order valence-electron chi connectivity index (χ1n) is 4.82. The fourth-order valence-electron chi connectivity index (χ4n) is 0.894. The van der Waals surface area contributed by atoms with Gasteiger partial charge in [0.25, 0.3) is 5.09 Å². The standard InChI is InChI=1S/C9H18ClNO4/c1-8(10)6-14-5-4-9(2,3)7-15-11(12)13/h8H,4-7H2,1-3H3. The summed E-state index contributed by atoms with van der Waals surface area (Å²) in [4.78, 5) is 14.3. The number of rotatable bonds is 8. The van der Waals surface area contributed by atoms with Crippen LogP contribution in [0.25, 0.3) is 0 Å². The van der Waals surface area contributed by atoms with Crippen molar-refractivity contribution in [3.63, 3.8) is 0 Å². The summed E-state index contributed by atoms with van der Waals surface area (Å²) in [6.45, 7) is 6.75. The smallest absolute Gasteiger partial charge is 0.294 e. The molecule has 15 heavy (non-hydrogen) atoms. The third-order valence-corrected chi connectivity index (χ3v) is 1.96. The Morgan fingerprint density at radius 3 is 2.60 bits per heavy atom. The van der Waals surface area contributed by atoms with E-state index in [1.807, 2.05) is 20.8 Å². The summed E-state index contributed by atoms with van der Waals surface area (Å²) in [6.07, 6.45) is 0.699. The van der Waals surface area contributed by atoms with E-state index in [1.165, 1.54) is 0 Å². The average molecular weight is 240 g/mol. The van der Waals surface area contributed by atoms with Crippen LogP contribution >= 0.6 is 11.6 Å². The molecule has 0 heterocycles. The zero-order valence-electron chi connectivity index (χ0n) is 9.36. The van der Waals surface area contributed by atoms with Crippen molar-refractivity contribution in [3.05, 3.63) is 10.1 Å². The fraction of sp³-hybridized carbons (Fsp3) is 1.00. The minimum atomic E-state index is -0.774. The SMILES string of the molecule is CC(Cl)COCCC(C)(C)CO[N+](=O)[O-]. The van der Waals surface area contributed by atoms with Gasteiger partial charge in [-0.15, -0.1) is 21.7 Å². The van der Waals surface area contributed by atoms with Crippen LogP contribution in [0.3, 0.4) is 0 Å². The van der Waals surface area contributed by atoms with Gasteiger partial charge in [0.05, 0.1) is 12.0 Å². The molecule has 0 aromatic carbocycles. The van der Waals surface area contributed by atoms with Crippen molar-refractivity contribution >= 4 is 11.6 Å². The van der Waals surface area contributed by atoms with Gasteiger partial charge < -0.3 is 9.57 Å². The lowest BCUT2D eigenvalue weighted by Gasteiger charge is -2.22. The van der Waals surface area contributed by atoms with Crippen LogP contribution in [0.1, 0.15) is 27.2 Å². The molecule has 0 aliphatic carbocycles. The third kappa shape index (κ3) is 9.75. The first-order chi connectivity index (χ1) is 6.83. The lowest BCUT2D eigenvalue weighted by Crippen LogP contribution is -2.23. The van der Waals surface area contributed by atoms with Crippen LogP contribution in [0, 0.1) is 15.5 Å². The summed E-state index contributed by atoms with van der Waals surface area (Å²) < 4.78 is 5.28. The summed E-state index contributed by atoms with van der Waals surface area (Å²) >= 11 is 5.69. The maximum absolute atomic E-state index is 10.00. The molecule has 0 aliphatic heterocycles. The molecule has 0 aliphatic rings. The van der Waals surface area contributed by atoms with Crippen molar-refractivity contribution in [2.45, 2.75) is 32.6 Å². The molecule has 6 heteroatoms. The van der Waals surface area contributed by atoms with E-state index in [2.05, 4.69) is 4.84 Å². The second-order valence-corrected chi connectivity index (χ2v) is 5.01. The highest BCUT2D eigenvalue weighted by molar-refractivity contribution is 6.20. The lowest BCUT2D eigenvalue weighted by atomic mass is 9.91. The van der Waals surface area contributed by atoms with Gasteiger partial charge in [-0.3, -0.25) is 0 Å². The molecular formula is C9H18ClNO4. The maximum Gasteiger partial charge on any atom is 0.294 e. The van der Waals surface area contributed by atoms with E-state index in [-0.39, 0.29) is 17.4 Å². The van der Waals surface area contributed by atoms with Gasteiger partial charge in [0.2, 0.25) is 0 Å². The first-order valence-corrected chi connectivity index (χ1v) is 5.26. The van der Waals surface area contributed by atoms with E-state index in [0.29, 0.717) is 19.6 Å². The quantitative estimate of drug-likeness (QED) is 0.282. The zero-order valence-corrected chi connectivity index (χ0v) is 10.1. The Morgan fingerprint density at radius 2 is 2.13 bits per heavy atom. The summed E-state index contributed by atoms with van der Waals surface area (Å²) in [5, 5.41) is 9.21. The monoisotopic (exact) mass is 239 g/mol. The molecule has 0 amide bonds. The van der Waals surface area contributed by atoms with Crippen LogP contribution in [-0.4, -0.2) is 30.3 Å². The van der Waals surface area contributed by atoms with Gasteiger partial charge in [0.1, 0.15) is 6.61 Å². The van der Waals surface area contributed by atoms with Crippen LogP contribution in [0.15, 0.2) is 0 Å². The molecule has 0 bridgehead atoms. The van der Waals surface area contributed by atoms with E-state index >= 15 is 0 Å². The molecule has 0 saturated heterocycles. The van der Waals surface area contributed by atoms with E-state index < -0.39 is 5.09 Å². The number of hydrogen-bond donors (Lipinski definition) is 0. The highest BCUT2D eigenvalue weighted by Crippen LogP contribution is 2.20. The van der Waals surface area contributed by atoms with Gasteiger partial charge in [-0.05, 0) is 18.8 Å². The van der Waals surface area contributed by atoms with Crippen molar-refractivity contribution in [3.8, 4) is 0 Å². The van der Waals surface area contributed by atoms with Crippen LogP contribution in [0.2, 0.25) is 0 Å². The molecule has 1 atom stereocenters. The molecule has 0 spiro atoms. The molecule has 0 fully saturated rings. The summed E-state index contributed by atoms with van der Waals surface area (Å²) in [6, 6.07) is 0. The van der Waals surface area contributed by atoms with Crippen LogP contribution in [0.5, 0.6) is 0 Å². The molecule has 0 aromatic rings. The average Bonchev–Trinajstić information content (AvgIpc) is 2.09. The molecule has 0 rings (SSSR count). The van der Waals surface area contributed by atoms with E-state index in [0.717, 1.165) is 0 Å². The lowest BCUT2D eigenvalue weighted by molar-refractivity contribution is -0.760. The highest BCUT2D eigenvalue weighted by atomic mass is 35.5. The van der Waals surface area contributed by atoms with Gasteiger partial charge in [-0.25, -0.2) is 0 Å². The second kappa shape index (κ2) is 6.85. The molecule has 0 N–H and O–H groups in total. The summed E-state index contributed by atoms with van der Waals surface area (Å²) in [7, 11) is 0. The Balaban J connectivity index is 3.59. The molecular weight excluding hydrogens is 222 g/mol. The van der Waals surface area contributed by atoms with Gasteiger partial charge >= 0.3 is 0 Å².